The zero-order valence-electron chi connectivity index (χ0n) is 33.6. The van der Waals surface area contributed by atoms with E-state index in [0.29, 0.717) is 0 Å². The lowest BCUT2D eigenvalue weighted by molar-refractivity contribution is 0.669. The predicted octanol–water partition coefficient (Wildman–Crippen LogP) is 15.6. The van der Waals surface area contributed by atoms with E-state index in [1.54, 1.807) is 0 Å². The summed E-state index contributed by atoms with van der Waals surface area (Å²) >= 11 is 0. The second kappa shape index (κ2) is 12.4. The maximum Gasteiger partial charge on any atom is 0.137 e. The molecule has 14 rings (SSSR count). The molecule has 3 heteroatoms. The van der Waals surface area contributed by atoms with Gasteiger partial charge in [-0.2, -0.15) is 0 Å². The summed E-state index contributed by atoms with van der Waals surface area (Å²) in [4.78, 5) is 2.45. The van der Waals surface area contributed by atoms with Crippen molar-refractivity contribution in [3.8, 4) is 27.9 Å². The number of nitrogens with zero attached hydrogens (tertiary/aromatic N) is 2. The minimum absolute atomic E-state index is 0.586. The molecule has 2 heterocycles. The lowest BCUT2D eigenvalue weighted by Gasteiger charge is -2.39. The molecular formula is C59H36N2O. The fourth-order valence-corrected chi connectivity index (χ4v) is 11.4. The van der Waals surface area contributed by atoms with Crippen LogP contribution in [0.4, 0.5) is 17.1 Å². The van der Waals surface area contributed by atoms with Gasteiger partial charge in [0.15, 0.2) is 0 Å². The summed E-state index contributed by atoms with van der Waals surface area (Å²) in [7, 11) is 0. The smallest absolute Gasteiger partial charge is 0.137 e. The van der Waals surface area contributed by atoms with Crippen LogP contribution in [0.1, 0.15) is 22.3 Å². The maximum atomic E-state index is 6.51. The number of para-hydroxylation sites is 2. The Bertz CT molecular complexity index is 3770. The molecule has 2 aliphatic rings. The second-order valence-corrected chi connectivity index (χ2v) is 16.8. The van der Waals surface area contributed by atoms with Gasteiger partial charge in [0.2, 0.25) is 0 Å². The van der Waals surface area contributed by atoms with Crippen LogP contribution in [0.3, 0.4) is 0 Å². The van der Waals surface area contributed by atoms with Crippen molar-refractivity contribution in [2.24, 2.45) is 0 Å². The van der Waals surface area contributed by atoms with Gasteiger partial charge in [0.05, 0.1) is 27.5 Å². The Morgan fingerprint density at radius 2 is 1.03 bits per heavy atom. The first-order chi connectivity index (χ1) is 30.8. The Morgan fingerprint density at radius 1 is 0.387 bits per heavy atom. The number of furan rings is 1. The molecule has 3 nitrogen and oxygen atoms in total. The molecule has 0 aliphatic heterocycles. The first kappa shape index (κ1) is 33.7. The Morgan fingerprint density at radius 3 is 1.85 bits per heavy atom. The molecule has 0 amide bonds. The van der Waals surface area contributed by atoms with Crippen molar-refractivity contribution in [2.75, 3.05) is 4.90 Å². The van der Waals surface area contributed by atoms with Crippen molar-refractivity contribution in [2.45, 2.75) is 5.41 Å². The van der Waals surface area contributed by atoms with E-state index in [1.165, 1.54) is 77.1 Å². The highest BCUT2D eigenvalue weighted by Gasteiger charge is 2.50. The van der Waals surface area contributed by atoms with Crippen LogP contribution >= 0.6 is 0 Å². The van der Waals surface area contributed by atoms with Crippen molar-refractivity contribution < 1.29 is 4.42 Å². The van der Waals surface area contributed by atoms with Crippen LogP contribution in [0, 0.1) is 0 Å². The van der Waals surface area contributed by atoms with E-state index >= 15 is 0 Å². The van der Waals surface area contributed by atoms with Crippen molar-refractivity contribution in [3.05, 3.63) is 241 Å². The molecule has 62 heavy (non-hydrogen) atoms. The van der Waals surface area contributed by atoms with E-state index in [0.717, 1.165) is 44.7 Å². The molecule has 0 N–H and O–H groups in total. The van der Waals surface area contributed by atoms with Gasteiger partial charge in [-0.25, -0.2) is 0 Å². The normalized spacial score (nSPS) is 13.3. The molecule has 288 valence electrons. The van der Waals surface area contributed by atoms with Gasteiger partial charge in [-0.1, -0.05) is 152 Å². The summed E-state index contributed by atoms with van der Waals surface area (Å²) in [5.41, 5.74) is 18.3. The van der Waals surface area contributed by atoms with Gasteiger partial charge < -0.3 is 13.9 Å². The van der Waals surface area contributed by atoms with Crippen molar-refractivity contribution in [3.63, 3.8) is 0 Å². The summed E-state index contributed by atoms with van der Waals surface area (Å²) < 4.78 is 9.02. The number of hydrogen-bond donors (Lipinski definition) is 0. The van der Waals surface area contributed by atoms with Crippen LogP contribution in [0.25, 0.3) is 82.5 Å². The average molecular weight is 789 g/mol. The Kier molecular flexibility index (Phi) is 6.76. The van der Waals surface area contributed by atoms with E-state index < -0.39 is 5.41 Å². The molecular weight excluding hydrogens is 753 g/mol. The van der Waals surface area contributed by atoms with Crippen LogP contribution in [-0.2, 0) is 5.41 Å². The zero-order valence-corrected chi connectivity index (χ0v) is 33.6. The summed E-state index contributed by atoms with van der Waals surface area (Å²) in [6.07, 6.45) is 0. The highest BCUT2D eigenvalue weighted by Crippen LogP contribution is 2.63. The predicted molar refractivity (Wildman–Crippen MR) is 257 cm³/mol. The molecule has 0 saturated carbocycles. The third kappa shape index (κ3) is 4.34. The standard InChI is InChI=1S/C59H36N2O/c1-3-16-37(17-4-1)38-18-13-21-41(34-38)61-51-28-14-27-48-57(51)58-52(61)33-32-39-35-42(36-49(55(39)58)59(48)46-25-10-7-22-43(46)44-23-8-11-26-47(44)59)60(40-19-5-2-6-20-40)50-29-15-31-54-56(50)45-24-9-12-30-53(45)62-54/h1-36H. The third-order valence-electron chi connectivity index (χ3n) is 13.7. The van der Waals surface area contributed by atoms with Crippen molar-refractivity contribution in [1.82, 2.24) is 4.57 Å². The van der Waals surface area contributed by atoms with Gasteiger partial charge >= 0.3 is 0 Å². The highest BCUT2D eigenvalue weighted by molar-refractivity contribution is 6.27. The molecule has 10 aromatic carbocycles. The van der Waals surface area contributed by atoms with Crippen LogP contribution in [0.5, 0.6) is 0 Å². The molecule has 0 fully saturated rings. The zero-order chi connectivity index (χ0) is 40.5. The number of rotatable bonds is 5. The summed E-state index contributed by atoms with van der Waals surface area (Å²) in [6.45, 7) is 0. The van der Waals surface area contributed by atoms with E-state index in [2.05, 4.69) is 222 Å². The number of benzene rings is 10. The molecule has 0 bridgehead atoms. The van der Waals surface area contributed by atoms with E-state index in [9.17, 15) is 0 Å². The Hall–Kier alpha value is -8.14. The van der Waals surface area contributed by atoms with Gasteiger partial charge in [0.25, 0.3) is 0 Å². The molecule has 12 aromatic rings. The number of fused-ring (bicyclic) bond motifs is 10. The third-order valence-corrected chi connectivity index (χ3v) is 13.7. The Balaban J connectivity index is 1.14. The summed E-state index contributed by atoms with van der Waals surface area (Å²) in [5.74, 6) is 0. The molecule has 1 spiro atoms. The molecule has 0 saturated heterocycles. The molecule has 2 aliphatic carbocycles. The lowest BCUT2D eigenvalue weighted by Crippen LogP contribution is -2.31. The first-order valence-corrected chi connectivity index (χ1v) is 21.4. The molecule has 0 radical (unpaired) electrons. The molecule has 0 atom stereocenters. The lowest BCUT2D eigenvalue weighted by atomic mass is 9.63. The fraction of sp³-hybridized carbons (Fsp3) is 0.0169. The Labute approximate surface area is 358 Å². The van der Waals surface area contributed by atoms with Crippen LogP contribution < -0.4 is 4.90 Å². The fourth-order valence-electron chi connectivity index (χ4n) is 11.4. The summed E-state index contributed by atoms with van der Waals surface area (Å²) in [5, 5.41) is 7.35. The number of hydrogen-bond acceptors (Lipinski definition) is 2. The minimum Gasteiger partial charge on any atom is -0.456 e. The van der Waals surface area contributed by atoms with Gasteiger partial charge in [-0.15, -0.1) is 0 Å². The monoisotopic (exact) mass is 788 g/mol. The van der Waals surface area contributed by atoms with E-state index in [1.807, 2.05) is 6.07 Å². The number of anilines is 3. The average Bonchev–Trinajstić information content (AvgIpc) is 3.99. The van der Waals surface area contributed by atoms with Gasteiger partial charge in [0, 0.05) is 33.2 Å². The molecule has 2 aromatic heterocycles. The van der Waals surface area contributed by atoms with Gasteiger partial charge in [0.1, 0.15) is 11.2 Å². The topological polar surface area (TPSA) is 21.3 Å². The van der Waals surface area contributed by atoms with Crippen molar-refractivity contribution in [1.29, 1.82) is 0 Å². The quantitative estimate of drug-likeness (QED) is 0.173. The SMILES string of the molecule is c1ccc(-c2cccc(-n3c4cccc5c4c4c6c(cc(N(c7ccccc7)c7cccc8oc9ccccc9c78)cc6ccc43)C53c4ccccc4-c4ccccc43)c2)cc1. The molecule has 0 unspecified atom stereocenters. The summed E-state index contributed by atoms with van der Waals surface area (Å²) in [6, 6.07) is 80.3. The maximum absolute atomic E-state index is 6.51. The van der Waals surface area contributed by atoms with Crippen molar-refractivity contribution >= 4 is 71.6 Å². The van der Waals surface area contributed by atoms with E-state index in [-0.39, 0.29) is 0 Å². The van der Waals surface area contributed by atoms with Crippen LogP contribution in [0.15, 0.2) is 223 Å². The highest BCUT2D eigenvalue weighted by atomic mass is 16.3. The van der Waals surface area contributed by atoms with Crippen LogP contribution in [0.2, 0.25) is 0 Å². The van der Waals surface area contributed by atoms with Gasteiger partial charge in [-0.05, 0) is 122 Å². The largest absolute Gasteiger partial charge is 0.456 e. The van der Waals surface area contributed by atoms with E-state index in [4.69, 9.17) is 4.42 Å². The number of aromatic nitrogens is 1. The van der Waals surface area contributed by atoms with Gasteiger partial charge in [-0.3, -0.25) is 0 Å². The second-order valence-electron chi connectivity index (χ2n) is 16.8. The first-order valence-electron chi connectivity index (χ1n) is 21.4. The minimum atomic E-state index is -0.586. The van der Waals surface area contributed by atoms with Crippen LogP contribution in [-0.4, -0.2) is 4.57 Å².